The summed E-state index contributed by atoms with van der Waals surface area (Å²) >= 11 is 16.1. The zero-order valence-corrected chi connectivity index (χ0v) is 12.6. The third-order valence-corrected chi connectivity index (χ3v) is 4.19. The molecule has 0 aromatic heterocycles. The Morgan fingerprint density at radius 2 is 2.33 bits per heavy atom. The molecule has 0 unspecified atom stereocenters. The molecule has 0 amide bonds. The SMILES string of the molecule is NC(=S)NN=Cc1cc(Cl)cc(I)c1Br. The third kappa shape index (κ3) is 4.21. The molecule has 15 heavy (non-hydrogen) atoms. The van der Waals surface area contributed by atoms with E-state index in [1.165, 1.54) is 0 Å². The highest BCUT2D eigenvalue weighted by Gasteiger charge is 2.03. The lowest BCUT2D eigenvalue weighted by Crippen LogP contribution is -2.24. The quantitative estimate of drug-likeness (QED) is 0.255. The average molecular weight is 418 g/mol. The van der Waals surface area contributed by atoms with E-state index in [1.54, 1.807) is 12.3 Å². The summed E-state index contributed by atoms with van der Waals surface area (Å²) in [5.41, 5.74) is 8.55. The van der Waals surface area contributed by atoms with E-state index in [1.807, 2.05) is 6.07 Å². The van der Waals surface area contributed by atoms with Crippen molar-refractivity contribution in [3.63, 3.8) is 0 Å². The van der Waals surface area contributed by atoms with E-state index in [0.717, 1.165) is 13.6 Å². The van der Waals surface area contributed by atoms with Gasteiger partial charge in [-0.3, -0.25) is 5.43 Å². The van der Waals surface area contributed by atoms with Gasteiger partial charge < -0.3 is 5.73 Å². The van der Waals surface area contributed by atoms with Gasteiger partial charge in [0.2, 0.25) is 0 Å². The topological polar surface area (TPSA) is 50.4 Å². The first-order chi connectivity index (χ1) is 7.00. The normalized spacial score (nSPS) is 10.6. The van der Waals surface area contributed by atoms with Gasteiger partial charge in [0.05, 0.1) is 6.21 Å². The van der Waals surface area contributed by atoms with Crippen molar-refractivity contribution in [2.24, 2.45) is 10.8 Å². The van der Waals surface area contributed by atoms with E-state index in [9.17, 15) is 0 Å². The molecule has 0 radical (unpaired) electrons. The molecule has 0 heterocycles. The minimum atomic E-state index is 0.124. The highest BCUT2D eigenvalue weighted by molar-refractivity contribution is 14.1. The molecule has 0 saturated heterocycles. The lowest BCUT2D eigenvalue weighted by molar-refractivity contribution is 1.04. The first kappa shape index (κ1) is 13.1. The first-order valence-corrected chi connectivity index (χ1v) is 6.39. The number of hydrogen-bond donors (Lipinski definition) is 2. The molecule has 1 rings (SSSR count). The molecule has 0 bridgehead atoms. The van der Waals surface area contributed by atoms with Gasteiger partial charge in [0, 0.05) is 18.6 Å². The minimum absolute atomic E-state index is 0.124. The Labute approximate surface area is 120 Å². The molecule has 3 N–H and O–H groups in total. The van der Waals surface area contributed by atoms with E-state index in [0.29, 0.717) is 5.02 Å². The van der Waals surface area contributed by atoms with Crippen molar-refractivity contribution in [2.45, 2.75) is 0 Å². The van der Waals surface area contributed by atoms with Crippen LogP contribution in [0.15, 0.2) is 21.7 Å². The van der Waals surface area contributed by atoms with Crippen LogP contribution in [0.1, 0.15) is 5.56 Å². The lowest BCUT2D eigenvalue weighted by Gasteiger charge is -2.02. The maximum Gasteiger partial charge on any atom is 0.184 e. The van der Waals surface area contributed by atoms with Gasteiger partial charge in [0.1, 0.15) is 0 Å². The van der Waals surface area contributed by atoms with Crippen molar-refractivity contribution in [1.82, 2.24) is 5.43 Å². The Hall–Kier alpha value is 0.0800. The second-order valence-electron chi connectivity index (χ2n) is 2.53. The molecule has 7 heteroatoms. The van der Waals surface area contributed by atoms with Crippen LogP contribution in [0.4, 0.5) is 0 Å². The van der Waals surface area contributed by atoms with Gasteiger partial charge in [0.25, 0.3) is 0 Å². The van der Waals surface area contributed by atoms with Gasteiger partial charge in [-0.25, -0.2) is 0 Å². The lowest BCUT2D eigenvalue weighted by atomic mass is 10.2. The van der Waals surface area contributed by atoms with Gasteiger partial charge in [0.15, 0.2) is 5.11 Å². The smallest absolute Gasteiger partial charge is 0.184 e. The van der Waals surface area contributed by atoms with Crippen LogP contribution in [0.2, 0.25) is 5.02 Å². The standard InChI is InChI=1S/C8H6BrClIN3S/c9-7-4(3-13-14-8(12)15)1-5(10)2-6(7)11/h1-3H,(H3,12,14,15). The number of benzene rings is 1. The van der Waals surface area contributed by atoms with Crippen LogP contribution in [0.5, 0.6) is 0 Å². The molecule has 0 fully saturated rings. The number of nitrogens with zero attached hydrogens (tertiary/aromatic N) is 1. The highest BCUT2D eigenvalue weighted by Crippen LogP contribution is 2.26. The van der Waals surface area contributed by atoms with Crippen LogP contribution in [-0.2, 0) is 0 Å². The van der Waals surface area contributed by atoms with Crippen molar-refractivity contribution in [3.8, 4) is 0 Å². The zero-order chi connectivity index (χ0) is 11.4. The Morgan fingerprint density at radius 3 is 2.93 bits per heavy atom. The van der Waals surface area contributed by atoms with E-state index in [-0.39, 0.29) is 5.11 Å². The molecule has 1 aromatic rings. The highest BCUT2D eigenvalue weighted by atomic mass is 127. The zero-order valence-electron chi connectivity index (χ0n) is 7.30. The molecule has 0 saturated carbocycles. The molecule has 0 spiro atoms. The summed E-state index contributed by atoms with van der Waals surface area (Å²) in [5, 5.41) is 4.63. The Balaban J connectivity index is 2.94. The largest absolute Gasteiger partial charge is 0.375 e. The summed E-state index contributed by atoms with van der Waals surface area (Å²) in [6.07, 6.45) is 1.59. The third-order valence-electron chi connectivity index (χ3n) is 1.40. The van der Waals surface area contributed by atoms with E-state index >= 15 is 0 Å². The molecular formula is C8H6BrClIN3S. The number of hydrazone groups is 1. The van der Waals surface area contributed by atoms with Gasteiger partial charge in [-0.15, -0.1) is 0 Å². The fourth-order valence-corrected chi connectivity index (χ4v) is 2.28. The number of thiocarbonyl (C=S) groups is 1. The predicted octanol–water partition coefficient (Wildman–Crippen LogP) is 2.87. The van der Waals surface area contributed by atoms with Crippen LogP contribution < -0.4 is 11.2 Å². The predicted molar refractivity (Wildman–Crippen MR) is 79.4 cm³/mol. The van der Waals surface area contributed by atoms with Crippen LogP contribution in [-0.4, -0.2) is 11.3 Å². The van der Waals surface area contributed by atoms with Crippen molar-refractivity contribution in [1.29, 1.82) is 0 Å². The number of halogens is 3. The van der Waals surface area contributed by atoms with Gasteiger partial charge in [-0.2, -0.15) is 5.10 Å². The summed E-state index contributed by atoms with van der Waals surface area (Å²) in [5.74, 6) is 0. The number of hydrogen-bond acceptors (Lipinski definition) is 2. The molecule has 0 aliphatic heterocycles. The van der Waals surface area contributed by atoms with Crippen molar-refractivity contribution >= 4 is 73.7 Å². The second kappa shape index (κ2) is 5.97. The summed E-state index contributed by atoms with van der Waals surface area (Å²) < 4.78 is 1.94. The minimum Gasteiger partial charge on any atom is -0.375 e. The molecule has 3 nitrogen and oxygen atoms in total. The molecule has 80 valence electrons. The van der Waals surface area contributed by atoms with Crippen LogP contribution >= 0.6 is 62.3 Å². The van der Waals surface area contributed by atoms with Crippen molar-refractivity contribution < 1.29 is 0 Å². The Bertz CT molecular complexity index is 425. The van der Waals surface area contributed by atoms with Crippen LogP contribution in [0.3, 0.4) is 0 Å². The monoisotopic (exact) mass is 417 g/mol. The molecule has 1 aromatic carbocycles. The van der Waals surface area contributed by atoms with E-state index in [2.05, 4.69) is 61.3 Å². The first-order valence-electron chi connectivity index (χ1n) is 3.73. The Morgan fingerprint density at radius 1 is 1.67 bits per heavy atom. The maximum atomic E-state index is 5.91. The van der Waals surface area contributed by atoms with Crippen LogP contribution in [0, 0.1) is 3.57 Å². The molecular weight excluding hydrogens is 412 g/mol. The molecule has 0 atom stereocenters. The van der Waals surface area contributed by atoms with Crippen LogP contribution in [0.25, 0.3) is 0 Å². The summed E-state index contributed by atoms with van der Waals surface area (Å²) in [6, 6.07) is 3.64. The fraction of sp³-hybridized carbons (Fsp3) is 0. The number of nitrogens with two attached hydrogens (primary N) is 1. The van der Waals surface area contributed by atoms with Gasteiger partial charge in [-0.05, 0) is 62.9 Å². The van der Waals surface area contributed by atoms with Crippen molar-refractivity contribution in [2.75, 3.05) is 0 Å². The van der Waals surface area contributed by atoms with E-state index in [4.69, 9.17) is 17.3 Å². The Kier molecular flexibility index (Phi) is 5.24. The fourth-order valence-electron chi connectivity index (χ4n) is 0.835. The van der Waals surface area contributed by atoms with Gasteiger partial charge in [-0.1, -0.05) is 11.6 Å². The number of rotatable bonds is 2. The summed E-state index contributed by atoms with van der Waals surface area (Å²) in [6.45, 7) is 0. The summed E-state index contributed by atoms with van der Waals surface area (Å²) in [4.78, 5) is 0. The average Bonchev–Trinajstić information content (AvgIpc) is 2.12. The molecule has 0 aliphatic rings. The van der Waals surface area contributed by atoms with Crippen molar-refractivity contribution in [3.05, 3.63) is 30.8 Å². The molecule has 0 aliphatic carbocycles. The second-order valence-corrected chi connectivity index (χ2v) is 5.36. The summed E-state index contributed by atoms with van der Waals surface area (Å²) in [7, 11) is 0. The maximum absolute atomic E-state index is 5.91. The number of nitrogens with one attached hydrogen (secondary N) is 1. The van der Waals surface area contributed by atoms with E-state index < -0.39 is 0 Å². The van der Waals surface area contributed by atoms with Gasteiger partial charge >= 0.3 is 0 Å².